The van der Waals surface area contributed by atoms with E-state index in [1.165, 1.54) is 7.11 Å². The summed E-state index contributed by atoms with van der Waals surface area (Å²) in [5.41, 5.74) is 5.05. The van der Waals surface area contributed by atoms with Crippen molar-refractivity contribution in [3.8, 4) is 22.4 Å². The molecular weight excluding hydrogens is 702 g/mol. The highest BCUT2D eigenvalue weighted by molar-refractivity contribution is 6.31. The van der Waals surface area contributed by atoms with Gasteiger partial charge in [-0.3, -0.25) is 14.6 Å². The van der Waals surface area contributed by atoms with Gasteiger partial charge in [-0.1, -0.05) is 87.8 Å². The maximum absolute atomic E-state index is 13.6. The van der Waals surface area contributed by atoms with E-state index in [9.17, 15) is 14.4 Å². The van der Waals surface area contributed by atoms with Crippen LogP contribution in [-0.2, 0) is 20.7 Å². The molecule has 2 aliphatic rings. The zero-order valence-electron chi connectivity index (χ0n) is 31.9. The number of imidazole rings is 1. The van der Waals surface area contributed by atoms with Crippen LogP contribution in [-0.4, -0.2) is 77.4 Å². The predicted octanol–water partition coefficient (Wildman–Crippen LogP) is 7.45. The molecule has 0 bridgehead atoms. The molecule has 1 unspecified atom stereocenters. The maximum Gasteiger partial charge on any atom is 0.407 e. The minimum absolute atomic E-state index is 0.0138. The first-order chi connectivity index (χ1) is 26.0. The van der Waals surface area contributed by atoms with Gasteiger partial charge < -0.3 is 30.6 Å². The van der Waals surface area contributed by atoms with Gasteiger partial charge in [-0.05, 0) is 77.1 Å². The van der Waals surface area contributed by atoms with Crippen LogP contribution in [0.25, 0.3) is 33.2 Å². The largest absolute Gasteiger partial charge is 0.453 e. The van der Waals surface area contributed by atoms with Gasteiger partial charge in [0.2, 0.25) is 11.8 Å². The van der Waals surface area contributed by atoms with Crippen LogP contribution < -0.4 is 16.0 Å². The molecule has 6 rings (SSSR count). The Kier molecular flexibility index (Phi) is 12.6. The molecular formula is C42H52ClN7O4. The number of aryl methyl sites for hydroxylation is 1. The Morgan fingerprint density at radius 2 is 1.69 bits per heavy atom. The zero-order chi connectivity index (χ0) is 38.4. The molecule has 3 aromatic carbocycles. The lowest BCUT2D eigenvalue weighted by molar-refractivity contribution is -0.134. The Labute approximate surface area is 322 Å². The molecule has 2 aliphatic heterocycles. The number of carbonyl (C=O) groups excluding carboxylic acids is 3. The van der Waals surface area contributed by atoms with Crippen molar-refractivity contribution in [2.75, 3.05) is 26.7 Å². The molecule has 0 aliphatic carbocycles. The number of nitrogens with zero attached hydrogens (tertiary/aromatic N) is 3. The Bertz CT molecular complexity index is 1990. The molecule has 11 nitrogen and oxygen atoms in total. The molecule has 1 fully saturated rings. The zero-order valence-corrected chi connectivity index (χ0v) is 32.6. The van der Waals surface area contributed by atoms with Crippen molar-refractivity contribution in [2.45, 2.75) is 84.3 Å². The first-order valence-corrected chi connectivity index (χ1v) is 19.5. The number of halogens is 1. The fourth-order valence-corrected chi connectivity index (χ4v) is 7.58. The predicted molar refractivity (Wildman–Crippen MR) is 214 cm³/mol. The lowest BCUT2D eigenvalue weighted by atomic mass is 9.97. The Morgan fingerprint density at radius 3 is 2.43 bits per heavy atom. The van der Waals surface area contributed by atoms with Gasteiger partial charge in [0.25, 0.3) is 0 Å². The standard InChI is InChI=1S/C42H52ClN7O4/c1-25(2)21-36(51)44-19-7-6-10-35-47-38(39(43)48-35)28-13-11-27(12-14-28)29-15-16-31-23-32(18-17-30(31)22-29)33-24-45-40(46-33)34-9-8-20-50(34)41(52)37(26(3)4)49-42(53)54-5/h11-18,22-23,25-26,33-34,37H,6-10,19-21,24H2,1-5H3,(H,44,51)(H,45,46)(H,47,48)(H,49,53)/t33?,34-,37-/m0/s1. The van der Waals surface area contributed by atoms with Gasteiger partial charge in [-0.2, -0.15) is 0 Å². The number of aliphatic imine (C=N–C) groups is 1. The number of aromatic nitrogens is 2. The minimum atomic E-state index is -0.662. The number of carbonyl (C=O) groups is 3. The Morgan fingerprint density at radius 1 is 0.963 bits per heavy atom. The Hall–Kier alpha value is -4.90. The normalized spacial score (nSPS) is 17.5. The highest BCUT2D eigenvalue weighted by Gasteiger charge is 2.39. The highest BCUT2D eigenvalue weighted by Crippen LogP contribution is 2.32. The molecule has 0 spiro atoms. The molecule has 3 amide bonds. The number of amides is 3. The van der Waals surface area contributed by atoms with E-state index < -0.39 is 12.1 Å². The van der Waals surface area contributed by atoms with Crippen molar-refractivity contribution in [1.82, 2.24) is 30.8 Å². The summed E-state index contributed by atoms with van der Waals surface area (Å²) in [5, 5.41) is 12.1. The third kappa shape index (κ3) is 9.24. The van der Waals surface area contributed by atoms with Crippen LogP contribution in [0.2, 0.25) is 5.15 Å². The average Bonchev–Trinajstić information content (AvgIpc) is 3.93. The van der Waals surface area contributed by atoms with Gasteiger partial charge in [0.05, 0.1) is 25.7 Å². The number of hydrogen-bond acceptors (Lipinski definition) is 7. The summed E-state index contributed by atoms with van der Waals surface area (Å²) in [6.07, 6.45) is 4.20. The number of fused-ring (bicyclic) bond motifs is 1. The summed E-state index contributed by atoms with van der Waals surface area (Å²) in [4.78, 5) is 52.1. The quantitative estimate of drug-likeness (QED) is 0.0987. The number of unbranched alkanes of at least 4 members (excludes halogenated alkanes) is 1. The molecule has 12 heteroatoms. The van der Waals surface area contributed by atoms with Crippen LogP contribution in [0.3, 0.4) is 0 Å². The van der Waals surface area contributed by atoms with Crippen LogP contribution in [0.4, 0.5) is 4.79 Å². The van der Waals surface area contributed by atoms with E-state index in [0.717, 1.165) is 82.5 Å². The molecule has 1 aromatic heterocycles. The smallest absolute Gasteiger partial charge is 0.407 e. The molecule has 0 radical (unpaired) electrons. The summed E-state index contributed by atoms with van der Waals surface area (Å²) in [6, 6.07) is 20.5. The van der Waals surface area contributed by atoms with E-state index in [2.05, 4.69) is 81.6 Å². The van der Waals surface area contributed by atoms with Crippen LogP contribution in [0.5, 0.6) is 0 Å². The van der Waals surface area contributed by atoms with Gasteiger partial charge in [0.15, 0.2) is 0 Å². The molecule has 3 heterocycles. The number of hydrogen-bond donors (Lipinski definition) is 4. The van der Waals surface area contributed by atoms with Crippen molar-refractivity contribution in [3.63, 3.8) is 0 Å². The second kappa shape index (κ2) is 17.5. The highest BCUT2D eigenvalue weighted by atomic mass is 35.5. The number of alkyl carbamates (subject to hydrolysis) is 1. The molecule has 0 saturated carbocycles. The van der Waals surface area contributed by atoms with Crippen LogP contribution >= 0.6 is 11.6 Å². The van der Waals surface area contributed by atoms with Gasteiger partial charge >= 0.3 is 6.09 Å². The monoisotopic (exact) mass is 753 g/mol. The number of nitrogens with one attached hydrogen (secondary N) is 4. The fraction of sp³-hybridized carbons (Fsp3) is 0.452. The van der Waals surface area contributed by atoms with Crippen molar-refractivity contribution >= 4 is 46.1 Å². The fourth-order valence-electron chi connectivity index (χ4n) is 7.32. The third-order valence-electron chi connectivity index (χ3n) is 10.2. The first-order valence-electron chi connectivity index (χ1n) is 19.1. The maximum atomic E-state index is 13.6. The van der Waals surface area contributed by atoms with Crippen LogP contribution in [0, 0.1) is 11.8 Å². The van der Waals surface area contributed by atoms with Gasteiger partial charge in [-0.15, -0.1) is 0 Å². The summed E-state index contributed by atoms with van der Waals surface area (Å²) < 4.78 is 4.77. The van der Waals surface area contributed by atoms with Crippen molar-refractivity contribution in [3.05, 3.63) is 77.2 Å². The number of H-pyrrole nitrogens is 1. The van der Waals surface area contributed by atoms with E-state index >= 15 is 0 Å². The second-order valence-corrected chi connectivity index (χ2v) is 15.5. The van der Waals surface area contributed by atoms with Gasteiger partial charge in [0, 0.05) is 31.5 Å². The summed E-state index contributed by atoms with van der Waals surface area (Å²) >= 11 is 6.57. The second-order valence-electron chi connectivity index (χ2n) is 15.1. The molecule has 3 atom stereocenters. The summed E-state index contributed by atoms with van der Waals surface area (Å²) in [6.45, 7) is 9.81. The van der Waals surface area contributed by atoms with Gasteiger partial charge in [0.1, 0.15) is 28.5 Å². The van der Waals surface area contributed by atoms with Crippen molar-refractivity contribution in [1.29, 1.82) is 0 Å². The van der Waals surface area contributed by atoms with Crippen LogP contribution in [0.15, 0.2) is 65.7 Å². The minimum Gasteiger partial charge on any atom is -0.453 e. The molecule has 54 heavy (non-hydrogen) atoms. The number of benzene rings is 3. The van der Waals surface area contributed by atoms with E-state index in [1.54, 1.807) is 0 Å². The van der Waals surface area contributed by atoms with Crippen LogP contribution in [0.1, 0.15) is 77.2 Å². The number of likely N-dealkylation sites (tertiary alicyclic amines) is 1. The third-order valence-corrected chi connectivity index (χ3v) is 10.5. The average molecular weight is 754 g/mol. The van der Waals surface area contributed by atoms with Crippen molar-refractivity contribution < 1.29 is 19.1 Å². The van der Waals surface area contributed by atoms with E-state index in [4.69, 9.17) is 26.3 Å². The number of rotatable bonds is 14. The number of methoxy groups -OCH3 is 1. The number of amidine groups is 1. The molecule has 4 aromatic rings. The van der Waals surface area contributed by atoms with Crippen molar-refractivity contribution in [2.24, 2.45) is 16.8 Å². The molecule has 1 saturated heterocycles. The van der Waals surface area contributed by atoms with E-state index in [-0.39, 0.29) is 29.8 Å². The first kappa shape index (κ1) is 38.8. The van der Waals surface area contributed by atoms with E-state index in [0.29, 0.717) is 37.1 Å². The lowest BCUT2D eigenvalue weighted by Crippen LogP contribution is -2.54. The van der Waals surface area contributed by atoms with Gasteiger partial charge in [-0.25, -0.2) is 9.78 Å². The summed E-state index contributed by atoms with van der Waals surface area (Å²) in [7, 11) is 1.30. The Balaban J connectivity index is 1.05. The topological polar surface area (TPSA) is 141 Å². The molecule has 4 N–H and O–H groups in total. The molecule has 286 valence electrons. The SMILES string of the molecule is COC(=O)N[C@H](C(=O)N1CCC[C@H]1C1=NCC(c2ccc3cc(-c4ccc(-c5nc(CCCCNC(=O)CC(C)C)[nH]c5Cl)cc4)ccc3c2)N1)C(C)C. The summed E-state index contributed by atoms with van der Waals surface area (Å²) in [5.74, 6) is 1.95. The van der Waals surface area contributed by atoms with E-state index in [1.807, 2.05) is 32.6 Å². The number of ether oxygens (including phenoxy) is 1. The lowest BCUT2D eigenvalue weighted by Gasteiger charge is -2.31. The number of aromatic amines is 1.